The number of benzene rings is 2. The molecule has 2 rings (SSSR count). The molecule has 0 aromatic heterocycles. The maximum absolute atomic E-state index is 12.6. The molecule has 0 amide bonds. The molecule has 3 heteroatoms. The number of carbonyl (C=O) groups is 1. The Kier molecular flexibility index (Phi) is 16.2. The van der Waals surface area contributed by atoms with Crippen LogP contribution in [0.3, 0.4) is 0 Å². The van der Waals surface area contributed by atoms with Crippen LogP contribution in [0.1, 0.15) is 120 Å². The van der Waals surface area contributed by atoms with Gasteiger partial charge in [-0.15, -0.1) is 0 Å². The number of allylic oxidation sites excluding steroid dienone is 1. The van der Waals surface area contributed by atoms with Crippen LogP contribution in [-0.2, 0) is 0 Å². The highest BCUT2D eigenvalue weighted by atomic mass is 16.5. The van der Waals surface area contributed by atoms with E-state index >= 15 is 0 Å². The van der Waals surface area contributed by atoms with Crippen molar-refractivity contribution in [3.63, 3.8) is 0 Å². The Balaban J connectivity index is 1.54. The fourth-order valence-electron chi connectivity index (χ4n) is 4.34. The Hall–Kier alpha value is -2.55. The molecule has 0 atom stereocenters. The van der Waals surface area contributed by atoms with E-state index in [4.69, 9.17) is 9.47 Å². The van der Waals surface area contributed by atoms with E-state index in [9.17, 15) is 4.79 Å². The van der Waals surface area contributed by atoms with Gasteiger partial charge in [-0.05, 0) is 49.2 Å². The van der Waals surface area contributed by atoms with Crippen molar-refractivity contribution in [2.45, 2.75) is 104 Å². The lowest BCUT2D eigenvalue weighted by Gasteiger charge is -2.07. The van der Waals surface area contributed by atoms with Crippen molar-refractivity contribution in [2.75, 3.05) is 13.2 Å². The average Bonchev–Trinajstić information content (AvgIpc) is 2.90. The van der Waals surface area contributed by atoms with Crippen LogP contribution in [0.2, 0.25) is 0 Å². The first-order valence-corrected chi connectivity index (χ1v) is 14.4. The zero-order chi connectivity index (χ0) is 25.7. The van der Waals surface area contributed by atoms with Crippen molar-refractivity contribution in [1.82, 2.24) is 0 Å². The summed E-state index contributed by atoms with van der Waals surface area (Å²) < 4.78 is 11.4. The number of hydrogen-bond acceptors (Lipinski definition) is 3. The summed E-state index contributed by atoms with van der Waals surface area (Å²) in [6.45, 7) is 5.59. The van der Waals surface area contributed by atoms with Gasteiger partial charge in [-0.3, -0.25) is 4.79 Å². The van der Waals surface area contributed by atoms with Gasteiger partial charge in [0.25, 0.3) is 0 Å². The second-order valence-corrected chi connectivity index (χ2v) is 9.67. The van der Waals surface area contributed by atoms with E-state index in [1.807, 2.05) is 61.5 Å². The molecular weight excluding hydrogens is 444 g/mol. The number of ketones is 1. The number of unbranched alkanes of at least 4 members (excludes halogenated alkanes) is 13. The Morgan fingerprint density at radius 1 is 0.667 bits per heavy atom. The predicted octanol–water partition coefficient (Wildman–Crippen LogP) is 9.84. The van der Waals surface area contributed by atoms with E-state index in [0.29, 0.717) is 18.8 Å². The number of hydrogen-bond donors (Lipinski definition) is 0. The maximum Gasteiger partial charge on any atom is 0.185 e. The van der Waals surface area contributed by atoms with Gasteiger partial charge in [-0.1, -0.05) is 121 Å². The van der Waals surface area contributed by atoms with Crippen molar-refractivity contribution in [2.24, 2.45) is 0 Å². The standard InChI is InChI=1S/C33H48O3/c1-3-5-6-7-8-9-10-11-12-13-14-15-16-17-27-36-32-20-18-19-30(28-32)33(34)26-23-29-21-24-31(25-22-29)35-4-2/h18-26,28H,3-17,27H2,1-2H3/b26-23+. The molecule has 3 nitrogen and oxygen atoms in total. The van der Waals surface area contributed by atoms with Gasteiger partial charge in [-0.2, -0.15) is 0 Å². The van der Waals surface area contributed by atoms with E-state index in [1.54, 1.807) is 6.08 Å². The lowest BCUT2D eigenvalue weighted by Crippen LogP contribution is -2.00. The van der Waals surface area contributed by atoms with Crippen LogP contribution in [0.5, 0.6) is 11.5 Å². The van der Waals surface area contributed by atoms with Gasteiger partial charge < -0.3 is 9.47 Å². The molecule has 0 unspecified atom stereocenters. The van der Waals surface area contributed by atoms with Gasteiger partial charge in [0.15, 0.2) is 5.78 Å². The summed E-state index contributed by atoms with van der Waals surface area (Å²) in [5.41, 5.74) is 1.62. The monoisotopic (exact) mass is 492 g/mol. The van der Waals surface area contributed by atoms with Crippen LogP contribution in [0, 0.1) is 0 Å². The second-order valence-electron chi connectivity index (χ2n) is 9.67. The van der Waals surface area contributed by atoms with Crippen LogP contribution in [0.4, 0.5) is 0 Å². The molecule has 0 heterocycles. The molecule has 0 aliphatic rings. The smallest absolute Gasteiger partial charge is 0.185 e. The highest BCUT2D eigenvalue weighted by Gasteiger charge is 2.04. The summed E-state index contributed by atoms with van der Waals surface area (Å²) in [4.78, 5) is 12.6. The topological polar surface area (TPSA) is 35.5 Å². The highest BCUT2D eigenvalue weighted by molar-refractivity contribution is 6.07. The quantitative estimate of drug-likeness (QED) is 0.0988. The fourth-order valence-corrected chi connectivity index (χ4v) is 4.34. The number of carbonyl (C=O) groups excluding carboxylic acids is 1. The lowest BCUT2D eigenvalue weighted by molar-refractivity contribution is 0.104. The molecule has 2 aromatic carbocycles. The summed E-state index contributed by atoms with van der Waals surface area (Å²) in [5, 5.41) is 0. The predicted molar refractivity (Wildman–Crippen MR) is 153 cm³/mol. The largest absolute Gasteiger partial charge is 0.494 e. The van der Waals surface area contributed by atoms with Gasteiger partial charge in [0.1, 0.15) is 11.5 Å². The molecule has 0 bridgehead atoms. The van der Waals surface area contributed by atoms with E-state index in [0.717, 1.165) is 23.5 Å². The van der Waals surface area contributed by atoms with Gasteiger partial charge >= 0.3 is 0 Å². The van der Waals surface area contributed by atoms with Crippen molar-refractivity contribution >= 4 is 11.9 Å². The van der Waals surface area contributed by atoms with E-state index < -0.39 is 0 Å². The third-order valence-corrected chi connectivity index (χ3v) is 6.50. The molecule has 0 saturated heterocycles. The molecule has 0 aliphatic heterocycles. The molecule has 0 radical (unpaired) electrons. The third-order valence-electron chi connectivity index (χ3n) is 6.50. The summed E-state index contributed by atoms with van der Waals surface area (Å²) in [6, 6.07) is 15.2. The van der Waals surface area contributed by atoms with Crippen LogP contribution in [-0.4, -0.2) is 19.0 Å². The van der Waals surface area contributed by atoms with Crippen molar-refractivity contribution in [3.05, 3.63) is 65.7 Å². The van der Waals surface area contributed by atoms with Gasteiger partial charge in [0.05, 0.1) is 13.2 Å². The normalized spacial score (nSPS) is 11.2. The second kappa shape index (κ2) is 19.6. The third kappa shape index (κ3) is 13.5. The summed E-state index contributed by atoms with van der Waals surface area (Å²) in [7, 11) is 0. The molecule has 0 saturated carbocycles. The number of rotatable bonds is 21. The van der Waals surface area contributed by atoms with Crippen molar-refractivity contribution in [3.8, 4) is 11.5 Å². The molecule has 0 N–H and O–H groups in total. The molecule has 0 fully saturated rings. The minimum atomic E-state index is -0.0224. The number of ether oxygens (including phenoxy) is 2. The van der Waals surface area contributed by atoms with Crippen LogP contribution < -0.4 is 9.47 Å². The summed E-state index contributed by atoms with van der Waals surface area (Å²) >= 11 is 0. The van der Waals surface area contributed by atoms with Gasteiger partial charge in [0.2, 0.25) is 0 Å². The summed E-state index contributed by atoms with van der Waals surface area (Å²) in [5.74, 6) is 1.58. The summed E-state index contributed by atoms with van der Waals surface area (Å²) in [6.07, 6.45) is 22.4. The van der Waals surface area contributed by atoms with E-state index in [-0.39, 0.29) is 5.78 Å². The fraction of sp³-hybridized carbons (Fsp3) is 0.545. The Morgan fingerprint density at radius 2 is 1.25 bits per heavy atom. The van der Waals surface area contributed by atoms with E-state index in [2.05, 4.69) is 6.92 Å². The minimum absolute atomic E-state index is 0.0224. The van der Waals surface area contributed by atoms with Crippen LogP contribution in [0.15, 0.2) is 54.6 Å². The Labute approximate surface area is 220 Å². The van der Waals surface area contributed by atoms with Gasteiger partial charge in [0, 0.05) is 5.56 Å². The average molecular weight is 493 g/mol. The molecule has 198 valence electrons. The first-order valence-electron chi connectivity index (χ1n) is 14.4. The Bertz CT molecular complexity index is 853. The first-order chi connectivity index (χ1) is 17.7. The van der Waals surface area contributed by atoms with Gasteiger partial charge in [-0.25, -0.2) is 0 Å². The zero-order valence-corrected chi connectivity index (χ0v) is 22.8. The van der Waals surface area contributed by atoms with Crippen LogP contribution >= 0.6 is 0 Å². The SMILES string of the molecule is CCCCCCCCCCCCCCCCOc1cccc(C(=O)/C=C/c2ccc(OCC)cc2)c1. The molecule has 0 spiro atoms. The molecule has 2 aromatic rings. The maximum atomic E-state index is 12.6. The highest BCUT2D eigenvalue weighted by Crippen LogP contribution is 2.17. The first kappa shape index (κ1) is 29.7. The Morgan fingerprint density at radius 3 is 1.83 bits per heavy atom. The minimum Gasteiger partial charge on any atom is -0.494 e. The lowest BCUT2D eigenvalue weighted by atomic mass is 10.0. The molecule has 0 aliphatic carbocycles. The van der Waals surface area contributed by atoms with E-state index in [1.165, 1.54) is 83.5 Å². The zero-order valence-electron chi connectivity index (χ0n) is 22.8. The van der Waals surface area contributed by atoms with Crippen molar-refractivity contribution in [1.29, 1.82) is 0 Å². The van der Waals surface area contributed by atoms with Crippen LogP contribution in [0.25, 0.3) is 6.08 Å². The molecular formula is C33H48O3. The molecule has 36 heavy (non-hydrogen) atoms. The van der Waals surface area contributed by atoms with Crippen molar-refractivity contribution < 1.29 is 14.3 Å².